The van der Waals surface area contributed by atoms with Gasteiger partial charge in [-0.05, 0) is 60.7 Å². The molecule has 1 heterocycles. The summed E-state index contributed by atoms with van der Waals surface area (Å²) in [4.78, 5) is 12.7. The Balaban J connectivity index is 1.53. The highest BCUT2D eigenvalue weighted by molar-refractivity contribution is 7.99. The Labute approximate surface area is 201 Å². The number of amides is 1. The van der Waals surface area contributed by atoms with Crippen LogP contribution in [0.4, 0.5) is 5.69 Å². The Kier molecular flexibility index (Phi) is 6.99. The number of nitrogens with zero attached hydrogens (tertiary/aromatic N) is 3. The van der Waals surface area contributed by atoms with E-state index >= 15 is 0 Å². The van der Waals surface area contributed by atoms with Crippen LogP contribution in [0.5, 0.6) is 5.75 Å². The topological polar surface area (TPSA) is 103 Å². The van der Waals surface area contributed by atoms with E-state index in [1.54, 1.807) is 19.2 Å². The van der Waals surface area contributed by atoms with Crippen molar-refractivity contribution in [1.82, 2.24) is 14.8 Å². The fraction of sp³-hybridized carbons (Fsp3) is 0.125. The largest absolute Gasteiger partial charge is 0.497 e. The van der Waals surface area contributed by atoms with Gasteiger partial charge in [-0.25, -0.2) is 8.42 Å². The van der Waals surface area contributed by atoms with Crippen LogP contribution in [0.1, 0.15) is 0 Å². The summed E-state index contributed by atoms with van der Waals surface area (Å²) in [5.41, 5.74) is 2.25. The summed E-state index contributed by atoms with van der Waals surface area (Å²) in [6.45, 7) is 0. The molecular formula is C24H22N4O4S2. The Hall–Kier alpha value is -3.63. The zero-order chi connectivity index (χ0) is 24.1. The monoisotopic (exact) mass is 494 g/mol. The van der Waals surface area contributed by atoms with Crippen LogP contribution in [0.25, 0.3) is 17.1 Å². The molecule has 0 atom stereocenters. The number of anilines is 1. The maximum Gasteiger partial charge on any atom is 0.234 e. The first-order chi connectivity index (χ1) is 16.3. The summed E-state index contributed by atoms with van der Waals surface area (Å²) in [5, 5.41) is 12.0. The lowest BCUT2D eigenvalue weighted by Gasteiger charge is -2.11. The molecule has 0 saturated heterocycles. The minimum absolute atomic E-state index is 0.0986. The van der Waals surface area contributed by atoms with Crippen molar-refractivity contribution in [2.75, 3.05) is 24.4 Å². The molecule has 0 spiro atoms. The third-order valence-electron chi connectivity index (χ3n) is 4.89. The molecule has 4 rings (SSSR count). The number of ether oxygens (including phenoxy) is 1. The number of carbonyl (C=O) groups excluding carboxylic acids is 1. The van der Waals surface area contributed by atoms with E-state index in [1.165, 1.54) is 23.9 Å². The van der Waals surface area contributed by atoms with Crippen LogP contribution in [-0.2, 0) is 14.6 Å². The van der Waals surface area contributed by atoms with Gasteiger partial charge in [0.2, 0.25) is 5.91 Å². The van der Waals surface area contributed by atoms with Crippen LogP contribution in [0.15, 0.2) is 88.9 Å². The zero-order valence-electron chi connectivity index (χ0n) is 18.5. The number of hydrogen-bond donors (Lipinski definition) is 1. The molecule has 0 radical (unpaired) electrons. The standard InChI is InChI=1S/C24H22N4O4S2/c1-32-20-12-8-17(9-13-20)23-26-27-24(28(23)19-6-4-3-5-7-19)33-16-22(29)25-18-10-14-21(15-11-18)34(2,30)31/h3-15H,16H2,1-2H3,(H,25,29). The fourth-order valence-corrected chi connectivity index (χ4v) is 4.60. The molecule has 8 nitrogen and oxygen atoms in total. The molecule has 34 heavy (non-hydrogen) atoms. The number of para-hydroxylation sites is 1. The number of nitrogens with one attached hydrogen (secondary N) is 1. The van der Waals surface area contributed by atoms with Gasteiger partial charge in [0.25, 0.3) is 0 Å². The Bertz CT molecular complexity index is 1390. The number of methoxy groups -OCH3 is 1. The third-order valence-corrected chi connectivity index (χ3v) is 6.95. The van der Waals surface area contributed by atoms with Crippen molar-refractivity contribution >= 4 is 33.2 Å². The maximum absolute atomic E-state index is 12.5. The van der Waals surface area contributed by atoms with Crippen molar-refractivity contribution in [3.8, 4) is 22.8 Å². The predicted octanol–water partition coefficient (Wildman–Crippen LogP) is 4.08. The van der Waals surface area contributed by atoms with E-state index in [-0.39, 0.29) is 16.6 Å². The molecule has 0 fully saturated rings. The third kappa shape index (κ3) is 5.46. The van der Waals surface area contributed by atoms with Crippen LogP contribution in [-0.4, -0.2) is 48.2 Å². The first kappa shape index (κ1) is 23.5. The SMILES string of the molecule is COc1ccc(-c2nnc(SCC(=O)Nc3ccc(S(C)(=O)=O)cc3)n2-c2ccccc2)cc1. The lowest BCUT2D eigenvalue weighted by molar-refractivity contribution is -0.113. The predicted molar refractivity (Wildman–Crippen MR) is 132 cm³/mol. The van der Waals surface area contributed by atoms with Crippen molar-refractivity contribution < 1.29 is 17.9 Å². The van der Waals surface area contributed by atoms with Gasteiger partial charge >= 0.3 is 0 Å². The van der Waals surface area contributed by atoms with Crippen LogP contribution < -0.4 is 10.1 Å². The van der Waals surface area contributed by atoms with Crippen molar-refractivity contribution in [2.24, 2.45) is 0 Å². The quantitative estimate of drug-likeness (QED) is 0.368. The summed E-state index contributed by atoms with van der Waals surface area (Å²) in [6.07, 6.45) is 1.14. The van der Waals surface area contributed by atoms with Gasteiger partial charge in [0.05, 0.1) is 17.8 Å². The summed E-state index contributed by atoms with van der Waals surface area (Å²) in [7, 11) is -1.68. The number of hydrogen-bond acceptors (Lipinski definition) is 7. The average Bonchev–Trinajstić information content (AvgIpc) is 3.27. The molecule has 0 aliphatic carbocycles. The van der Waals surface area contributed by atoms with E-state index in [1.807, 2.05) is 59.2 Å². The molecule has 0 aliphatic heterocycles. The first-order valence-corrected chi connectivity index (χ1v) is 13.1. The van der Waals surface area contributed by atoms with Crippen LogP contribution in [0.2, 0.25) is 0 Å². The summed E-state index contributed by atoms with van der Waals surface area (Å²) >= 11 is 1.26. The molecule has 1 N–H and O–H groups in total. The lowest BCUT2D eigenvalue weighted by Crippen LogP contribution is -2.14. The molecule has 4 aromatic rings. The van der Waals surface area contributed by atoms with Gasteiger partial charge in [0.15, 0.2) is 20.8 Å². The molecule has 3 aromatic carbocycles. The number of rotatable bonds is 8. The van der Waals surface area contributed by atoms with Gasteiger partial charge in [-0.1, -0.05) is 30.0 Å². The molecular weight excluding hydrogens is 472 g/mol. The highest BCUT2D eigenvalue weighted by Crippen LogP contribution is 2.29. The normalized spacial score (nSPS) is 11.2. The molecule has 1 aromatic heterocycles. The van der Waals surface area contributed by atoms with Crippen molar-refractivity contribution in [1.29, 1.82) is 0 Å². The Morgan fingerprint density at radius 1 is 0.971 bits per heavy atom. The number of aromatic nitrogens is 3. The average molecular weight is 495 g/mol. The van der Waals surface area contributed by atoms with Crippen LogP contribution in [0.3, 0.4) is 0 Å². The Morgan fingerprint density at radius 3 is 2.26 bits per heavy atom. The molecule has 0 saturated carbocycles. The highest BCUT2D eigenvalue weighted by Gasteiger charge is 2.17. The molecule has 174 valence electrons. The van der Waals surface area contributed by atoms with E-state index < -0.39 is 9.84 Å². The van der Waals surface area contributed by atoms with E-state index in [9.17, 15) is 13.2 Å². The van der Waals surface area contributed by atoms with Gasteiger partial charge in [-0.2, -0.15) is 0 Å². The molecule has 0 bridgehead atoms. The van der Waals surface area contributed by atoms with Gasteiger partial charge < -0.3 is 10.1 Å². The van der Waals surface area contributed by atoms with E-state index in [2.05, 4.69) is 15.5 Å². The summed E-state index contributed by atoms with van der Waals surface area (Å²) in [5.74, 6) is 1.24. The smallest absolute Gasteiger partial charge is 0.234 e. The molecule has 0 unspecified atom stereocenters. The minimum atomic E-state index is -3.29. The minimum Gasteiger partial charge on any atom is -0.497 e. The van der Waals surface area contributed by atoms with Crippen LogP contribution >= 0.6 is 11.8 Å². The van der Waals surface area contributed by atoms with Crippen molar-refractivity contribution in [3.63, 3.8) is 0 Å². The highest BCUT2D eigenvalue weighted by atomic mass is 32.2. The second kappa shape index (κ2) is 10.1. The first-order valence-electron chi connectivity index (χ1n) is 10.2. The van der Waals surface area contributed by atoms with Crippen molar-refractivity contribution in [3.05, 3.63) is 78.9 Å². The van der Waals surface area contributed by atoms with Crippen LogP contribution in [0, 0.1) is 0 Å². The van der Waals surface area contributed by atoms with Gasteiger partial charge in [0.1, 0.15) is 5.75 Å². The maximum atomic E-state index is 12.5. The van der Waals surface area contributed by atoms with E-state index in [0.717, 1.165) is 23.3 Å². The number of carbonyl (C=O) groups is 1. The molecule has 0 aliphatic rings. The summed E-state index contributed by atoms with van der Waals surface area (Å²) < 4.78 is 30.3. The van der Waals surface area contributed by atoms with Gasteiger partial charge in [-0.3, -0.25) is 9.36 Å². The Morgan fingerprint density at radius 2 is 1.65 bits per heavy atom. The summed E-state index contributed by atoms with van der Waals surface area (Å²) in [6, 6.07) is 23.3. The number of benzene rings is 3. The second-order valence-electron chi connectivity index (χ2n) is 7.34. The fourth-order valence-electron chi connectivity index (χ4n) is 3.21. The number of sulfone groups is 1. The van der Waals surface area contributed by atoms with E-state index in [4.69, 9.17) is 4.74 Å². The van der Waals surface area contributed by atoms with E-state index in [0.29, 0.717) is 16.7 Å². The van der Waals surface area contributed by atoms with Gasteiger partial charge in [-0.15, -0.1) is 10.2 Å². The molecule has 1 amide bonds. The molecule has 10 heteroatoms. The van der Waals surface area contributed by atoms with Crippen molar-refractivity contribution in [2.45, 2.75) is 10.1 Å². The second-order valence-corrected chi connectivity index (χ2v) is 10.3. The van der Waals surface area contributed by atoms with Gasteiger partial charge in [0, 0.05) is 23.2 Å². The lowest BCUT2D eigenvalue weighted by atomic mass is 10.2. The number of thioether (sulfide) groups is 1. The zero-order valence-corrected chi connectivity index (χ0v) is 20.1.